The Morgan fingerprint density at radius 1 is 1.03 bits per heavy atom. The fraction of sp³-hybridized carbons (Fsp3) is 0.462. The minimum Gasteiger partial charge on any atom is -0.496 e. The number of hydrogen-bond donors (Lipinski definition) is 3. The molecule has 1 fully saturated rings. The summed E-state index contributed by atoms with van der Waals surface area (Å²) in [4.78, 5) is 25.4. The molecule has 0 saturated heterocycles. The first kappa shape index (κ1) is 26.6. The molecule has 33 heavy (non-hydrogen) atoms. The summed E-state index contributed by atoms with van der Waals surface area (Å²) in [6, 6.07) is 13.7. The summed E-state index contributed by atoms with van der Waals surface area (Å²) in [5.41, 5.74) is 2.71. The van der Waals surface area contributed by atoms with Crippen LogP contribution in [0.4, 0.5) is 4.79 Å². The van der Waals surface area contributed by atoms with E-state index in [0.717, 1.165) is 35.3 Å². The largest absolute Gasteiger partial charge is 0.496 e. The van der Waals surface area contributed by atoms with Crippen LogP contribution in [-0.2, 0) is 6.42 Å². The lowest BCUT2D eigenvalue weighted by molar-refractivity contribution is 0.0951. The third kappa shape index (κ3) is 9.00. The summed E-state index contributed by atoms with van der Waals surface area (Å²) >= 11 is 1.31. The number of carbonyl (C=O) groups excluding carboxylic acids is 2. The third-order valence-electron chi connectivity index (χ3n) is 5.43. The Labute approximate surface area is 202 Å². The number of amides is 3. The quantitative estimate of drug-likeness (QED) is 0.435. The molecule has 1 saturated carbocycles. The van der Waals surface area contributed by atoms with Crippen LogP contribution in [0, 0.1) is 6.92 Å². The number of benzene rings is 2. The van der Waals surface area contributed by atoms with E-state index in [1.54, 1.807) is 13.2 Å². The van der Waals surface area contributed by atoms with Gasteiger partial charge in [0.1, 0.15) is 5.75 Å². The van der Waals surface area contributed by atoms with E-state index in [4.69, 9.17) is 4.74 Å². The van der Waals surface area contributed by atoms with Crippen LogP contribution in [0.5, 0.6) is 5.75 Å². The molecule has 6 nitrogen and oxygen atoms in total. The van der Waals surface area contributed by atoms with E-state index in [9.17, 15) is 9.59 Å². The van der Waals surface area contributed by atoms with Crippen molar-refractivity contribution in [2.45, 2.75) is 70.2 Å². The van der Waals surface area contributed by atoms with Gasteiger partial charge in [0.2, 0.25) is 0 Å². The molecular weight excluding hydrogens is 434 g/mol. The van der Waals surface area contributed by atoms with Gasteiger partial charge in [-0.25, -0.2) is 4.79 Å². The van der Waals surface area contributed by atoms with Crippen molar-refractivity contribution in [2.24, 2.45) is 0 Å². The molecule has 1 aliphatic rings. The lowest BCUT2D eigenvalue weighted by atomic mass is 9.96. The van der Waals surface area contributed by atoms with Crippen molar-refractivity contribution >= 4 is 23.9 Å². The molecule has 0 heterocycles. The zero-order valence-electron chi connectivity index (χ0n) is 20.2. The van der Waals surface area contributed by atoms with Crippen LogP contribution in [0.15, 0.2) is 47.4 Å². The van der Waals surface area contributed by atoms with Crippen molar-refractivity contribution < 1.29 is 14.3 Å². The molecule has 7 heteroatoms. The molecule has 3 N–H and O–H groups in total. The highest BCUT2D eigenvalue weighted by Crippen LogP contribution is 2.20. The predicted molar refractivity (Wildman–Crippen MR) is 136 cm³/mol. The molecule has 0 spiro atoms. The second kappa shape index (κ2) is 14.5. The molecule has 0 unspecified atom stereocenters. The highest BCUT2D eigenvalue weighted by Gasteiger charge is 2.15. The van der Waals surface area contributed by atoms with E-state index in [2.05, 4.69) is 15.4 Å². The van der Waals surface area contributed by atoms with Crippen molar-refractivity contribution in [1.29, 1.82) is 0 Å². The van der Waals surface area contributed by atoms with E-state index in [1.165, 1.54) is 31.2 Å². The Morgan fingerprint density at radius 2 is 1.73 bits per heavy atom. The fourth-order valence-corrected chi connectivity index (χ4v) is 4.23. The molecule has 180 valence electrons. The molecule has 2 aromatic carbocycles. The van der Waals surface area contributed by atoms with Gasteiger partial charge < -0.3 is 15.4 Å². The molecule has 0 radical (unpaired) electrons. The standard InChI is InChI=1S/C24H31N3O3S.C2H6/c1-17-8-13-21(22(16-17)30-2)23(28)25-15-14-18-9-11-20(12-10-18)31-27-24(29)26-19-6-4-3-5-7-19;1-2/h8-13,16,19H,3-7,14-15H2,1-2H3,(H,25,28)(H2,26,27,29);1-2H3. The Hall–Kier alpha value is -2.67. The van der Waals surface area contributed by atoms with E-state index < -0.39 is 0 Å². The number of carbonyl (C=O) groups is 2. The van der Waals surface area contributed by atoms with Gasteiger partial charge in [-0.1, -0.05) is 51.3 Å². The first-order chi connectivity index (χ1) is 16.0. The third-order valence-corrected chi connectivity index (χ3v) is 6.22. The van der Waals surface area contributed by atoms with Crippen molar-refractivity contribution in [3.8, 4) is 5.75 Å². The smallest absolute Gasteiger partial charge is 0.325 e. The maximum Gasteiger partial charge on any atom is 0.325 e. The Bertz CT molecular complexity index is 881. The molecule has 0 bridgehead atoms. The van der Waals surface area contributed by atoms with Crippen LogP contribution in [0.2, 0.25) is 0 Å². The Balaban J connectivity index is 0.00000187. The first-order valence-electron chi connectivity index (χ1n) is 11.8. The van der Waals surface area contributed by atoms with Crippen LogP contribution in [-0.4, -0.2) is 31.6 Å². The molecule has 3 rings (SSSR count). The molecule has 3 amide bonds. The van der Waals surface area contributed by atoms with E-state index >= 15 is 0 Å². The zero-order valence-corrected chi connectivity index (χ0v) is 21.0. The normalized spacial score (nSPS) is 13.3. The van der Waals surface area contributed by atoms with Crippen LogP contribution >= 0.6 is 11.9 Å². The van der Waals surface area contributed by atoms with Crippen molar-refractivity contribution in [2.75, 3.05) is 13.7 Å². The van der Waals surface area contributed by atoms with Gasteiger partial charge in [-0.15, -0.1) is 0 Å². The maximum atomic E-state index is 12.4. The maximum absolute atomic E-state index is 12.4. The lowest BCUT2D eigenvalue weighted by Crippen LogP contribution is -2.40. The molecule has 1 aliphatic carbocycles. The molecule has 2 aromatic rings. The summed E-state index contributed by atoms with van der Waals surface area (Å²) < 4.78 is 8.16. The van der Waals surface area contributed by atoms with Gasteiger partial charge in [0, 0.05) is 17.5 Å². The molecular formula is C26H37N3O3S. The highest BCUT2D eigenvalue weighted by molar-refractivity contribution is 7.98. The average Bonchev–Trinajstić information content (AvgIpc) is 2.85. The number of methoxy groups -OCH3 is 1. The second-order valence-corrected chi connectivity index (χ2v) is 8.75. The number of ether oxygens (including phenoxy) is 1. The van der Waals surface area contributed by atoms with Crippen LogP contribution in [0.25, 0.3) is 0 Å². The topological polar surface area (TPSA) is 79.5 Å². The van der Waals surface area contributed by atoms with Crippen LogP contribution < -0.4 is 20.1 Å². The molecule has 0 atom stereocenters. The van der Waals surface area contributed by atoms with E-state index in [0.29, 0.717) is 23.9 Å². The van der Waals surface area contributed by atoms with Gasteiger partial charge in [-0.2, -0.15) is 0 Å². The summed E-state index contributed by atoms with van der Waals surface area (Å²) in [6.07, 6.45) is 6.52. The Morgan fingerprint density at radius 3 is 2.39 bits per heavy atom. The Kier molecular flexibility index (Phi) is 11.7. The van der Waals surface area contributed by atoms with Gasteiger partial charge in [-0.05, 0) is 73.5 Å². The van der Waals surface area contributed by atoms with Crippen molar-refractivity contribution in [1.82, 2.24) is 15.4 Å². The zero-order chi connectivity index (χ0) is 24.1. The van der Waals surface area contributed by atoms with Crippen LogP contribution in [0.1, 0.15) is 67.4 Å². The summed E-state index contributed by atoms with van der Waals surface area (Å²) in [7, 11) is 1.57. The monoisotopic (exact) mass is 471 g/mol. The van der Waals surface area contributed by atoms with E-state index in [-0.39, 0.29) is 11.9 Å². The number of aryl methyl sites for hydroxylation is 1. The SMILES string of the molecule is CC.COc1cc(C)ccc1C(=O)NCCc1ccc(SNC(=O)NC2CCCCC2)cc1. The van der Waals surface area contributed by atoms with Gasteiger partial charge in [-0.3, -0.25) is 9.52 Å². The van der Waals surface area contributed by atoms with Gasteiger partial charge >= 0.3 is 6.03 Å². The number of urea groups is 1. The summed E-state index contributed by atoms with van der Waals surface area (Å²) in [5.74, 6) is 0.441. The van der Waals surface area contributed by atoms with E-state index in [1.807, 2.05) is 57.2 Å². The second-order valence-electron chi connectivity index (χ2n) is 7.87. The number of hydrogen-bond acceptors (Lipinski definition) is 4. The minimum absolute atomic E-state index is 0.129. The van der Waals surface area contributed by atoms with Gasteiger partial charge in [0.15, 0.2) is 0 Å². The number of rotatable bonds is 8. The van der Waals surface area contributed by atoms with Gasteiger partial charge in [0.05, 0.1) is 12.7 Å². The summed E-state index contributed by atoms with van der Waals surface area (Å²) in [5, 5.41) is 5.99. The lowest BCUT2D eigenvalue weighted by Gasteiger charge is -2.22. The predicted octanol–water partition coefficient (Wildman–Crippen LogP) is 5.64. The summed E-state index contributed by atoms with van der Waals surface area (Å²) in [6.45, 7) is 6.50. The fourth-order valence-electron chi connectivity index (χ4n) is 3.69. The average molecular weight is 472 g/mol. The highest BCUT2D eigenvalue weighted by atomic mass is 32.2. The van der Waals surface area contributed by atoms with Crippen LogP contribution in [0.3, 0.4) is 0 Å². The molecule has 0 aliphatic heterocycles. The van der Waals surface area contributed by atoms with Crippen molar-refractivity contribution in [3.63, 3.8) is 0 Å². The molecule has 0 aromatic heterocycles. The minimum atomic E-state index is -0.141. The van der Waals surface area contributed by atoms with Crippen molar-refractivity contribution in [3.05, 3.63) is 59.2 Å². The first-order valence-corrected chi connectivity index (χ1v) is 12.6. The number of nitrogens with one attached hydrogen (secondary N) is 3. The van der Waals surface area contributed by atoms with Gasteiger partial charge in [0.25, 0.3) is 5.91 Å².